The van der Waals surface area contributed by atoms with Crippen molar-refractivity contribution in [2.75, 3.05) is 14.2 Å². The smallest absolute Gasteiger partial charge is 0.240 e. The van der Waals surface area contributed by atoms with Crippen molar-refractivity contribution < 1.29 is 19.4 Å². The first-order chi connectivity index (χ1) is 12.8. The van der Waals surface area contributed by atoms with Gasteiger partial charge < -0.3 is 14.6 Å². The number of hydrogen-bond acceptors (Lipinski definition) is 5. The molecule has 1 unspecified atom stereocenters. The highest BCUT2D eigenvalue weighted by atomic mass is 16.5. The molecule has 1 aliphatic rings. The highest BCUT2D eigenvalue weighted by Gasteiger charge is 2.32. The minimum Gasteiger partial charge on any atom is -0.504 e. The maximum absolute atomic E-state index is 12.2. The summed E-state index contributed by atoms with van der Waals surface area (Å²) in [5.74, 6) is 1.08. The molecule has 0 fully saturated rings. The Hall–Kier alpha value is -3.02. The number of hydrazone groups is 1. The summed E-state index contributed by atoms with van der Waals surface area (Å²) in [6.07, 6.45) is 0.553. The molecule has 6 heteroatoms. The molecule has 1 aliphatic heterocycles. The second-order valence-corrected chi connectivity index (χ2v) is 6.68. The molecule has 6 nitrogen and oxygen atoms in total. The number of methoxy groups -OCH3 is 2. The third-order valence-electron chi connectivity index (χ3n) is 4.99. The number of rotatable bonds is 4. The zero-order chi connectivity index (χ0) is 19.7. The molecule has 0 aromatic heterocycles. The summed E-state index contributed by atoms with van der Waals surface area (Å²) in [6, 6.07) is 8.90. The van der Waals surface area contributed by atoms with Gasteiger partial charge in [0.1, 0.15) is 5.75 Å². The number of hydrogen-bond donors (Lipinski definition) is 1. The minimum absolute atomic E-state index is 0.0415. The maximum atomic E-state index is 12.2. The first kappa shape index (κ1) is 18.8. The number of amides is 1. The normalized spacial score (nSPS) is 16.3. The molecule has 0 spiro atoms. The number of phenolic OH excluding ortho intramolecular Hbond substituents is 1. The van der Waals surface area contributed by atoms with Gasteiger partial charge in [0.25, 0.3) is 0 Å². The Morgan fingerprint density at radius 1 is 1.15 bits per heavy atom. The van der Waals surface area contributed by atoms with Crippen LogP contribution < -0.4 is 9.47 Å². The van der Waals surface area contributed by atoms with E-state index in [2.05, 4.69) is 11.2 Å². The Labute approximate surface area is 159 Å². The number of aromatic hydroxyl groups is 1. The molecule has 0 bridgehead atoms. The van der Waals surface area contributed by atoms with Gasteiger partial charge >= 0.3 is 0 Å². The zero-order valence-corrected chi connectivity index (χ0v) is 16.2. The van der Waals surface area contributed by atoms with Gasteiger partial charge in [0.2, 0.25) is 5.91 Å². The molecule has 1 N–H and O–H groups in total. The maximum Gasteiger partial charge on any atom is 0.240 e. The molecule has 0 saturated heterocycles. The summed E-state index contributed by atoms with van der Waals surface area (Å²) >= 11 is 0. The van der Waals surface area contributed by atoms with Crippen LogP contribution in [0.15, 0.2) is 35.4 Å². The number of nitrogens with zero attached hydrogens (tertiary/aromatic N) is 2. The van der Waals surface area contributed by atoms with Gasteiger partial charge in [0.15, 0.2) is 11.5 Å². The fourth-order valence-corrected chi connectivity index (χ4v) is 3.35. The van der Waals surface area contributed by atoms with Gasteiger partial charge in [-0.05, 0) is 54.8 Å². The van der Waals surface area contributed by atoms with Crippen LogP contribution in [0, 0.1) is 13.8 Å². The van der Waals surface area contributed by atoms with Crippen molar-refractivity contribution in [2.24, 2.45) is 5.10 Å². The lowest BCUT2D eigenvalue weighted by Gasteiger charge is -2.21. The van der Waals surface area contributed by atoms with Crippen molar-refractivity contribution in [1.29, 1.82) is 0 Å². The molecule has 0 radical (unpaired) electrons. The fraction of sp³-hybridized carbons (Fsp3) is 0.333. The Bertz CT molecular complexity index is 921. The molecule has 2 aromatic rings. The van der Waals surface area contributed by atoms with E-state index < -0.39 is 0 Å². The van der Waals surface area contributed by atoms with E-state index in [1.165, 1.54) is 19.0 Å². The number of benzene rings is 2. The molecule has 142 valence electrons. The summed E-state index contributed by atoms with van der Waals surface area (Å²) in [6.45, 7) is 5.53. The molecule has 3 rings (SSSR count). The summed E-state index contributed by atoms with van der Waals surface area (Å²) in [4.78, 5) is 12.2. The van der Waals surface area contributed by atoms with Gasteiger partial charge in [0, 0.05) is 18.9 Å². The van der Waals surface area contributed by atoms with Crippen LogP contribution >= 0.6 is 0 Å². The van der Waals surface area contributed by atoms with Gasteiger partial charge in [-0.15, -0.1) is 0 Å². The molecule has 0 aliphatic carbocycles. The average molecular weight is 368 g/mol. The van der Waals surface area contributed by atoms with Crippen molar-refractivity contribution in [2.45, 2.75) is 33.2 Å². The lowest BCUT2D eigenvalue weighted by atomic mass is 9.96. The average Bonchev–Trinajstić information content (AvgIpc) is 3.09. The second kappa shape index (κ2) is 7.31. The number of ether oxygens (including phenoxy) is 2. The SMILES string of the molecule is COc1ccc(C2CC(c3cc(C)c(C)c(OC)c3)=NN2C(C)=O)cc1O. The number of carbonyl (C=O) groups is 1. The van der Waals surface area contributed by atoms with Crippen LogP contribution in [0.25, 0.3) is 0 Å². The largest absolute Gasteiger partial charge is 0.504 e. The Morgan fingerprint density at radius 3 is 2.44 bits per heavy atom. The zero-order valence-electron chi connectivity index (χ0n) is 16.2. The van der Waals surface area contributed by atoms with E-state index in [1.807, 2.05) is 26.0 Å². The number of aryl methyl sites for hydroxylation is 1. The van der Waals surface area contributed by atoms with Crippen molar-refractivity contribution in [3.8, 4) is 17.2 Å². The van der Waals surface area contributed by atoms with Crippen LogP contribution in [0.5, 0.6) is 17.2 Å². The number of phenols is 1. The van der Waals surface area contributed by atoms with Gasteiger partial charge in [-0.1, -0.05) is 6.07 Å². The molecule has 1 atom stereocenters. The Kier molecular flexibility index (Phi) is 5.08. The van der Waals surface area contributed by atoms with Gasteiger partial charge in [-0.25, -0.2) is 5.01 Å². The summed E-state index contributed by atoms with van der Waals surface area (Å²) in [5.41, 5.74) is 4.73. The highest BCUT2D eigenvalue weighted by molar-refractivity contribution is 6.03. The van der Waals surface area contributed by atoms with E-state index in [-0.39, 0.29) is 17.7 Å². The van der Waals surface area contributed by atoms with Crippen molar-refractivity contribution >= 4 is 11.6 Å². The van der Waals surface area contributed by atoms with Crippen LogP contribution in [0.4, 0.5) is 0 Å². The minimum atomic E-state index is -0.276. The van der Waals surface area contributed by atoms with E-state index in [0.29, 0.717) is 12.2 Å². The van der Waals surface area contributed by atoms with E-state index in [9.17, 15) is 9.90 Å². The molecular formula is C21H24N2O4. The molecule has 1 amide bonds. The second-order valence-electron chi connectivity index (χ2n) is 6.68. The molecule has 27 heavy (non-hydrogen) atoms. The predicted octanol–water partition coefficient (Wildman–Crippen LogP) is 3.72. The summed E-state index contributed by atoms with van der Waals surface area (Å²) < 4.78 is 10.6. The molecule has 0 saturated carbocycles. The van der Waals surface area contributed by atoms with Gasteiger partial charge in [-0.3, -0.25) is 4.79 Å². The van der Waals surface area contributed by atoms with Gasteiger partial charge in [0.05, 0.1) is 26.0 Å². The third-order valence-corrected chi connectivity index (χ3v) is 4.99. The lowest BCUT2D eigenvalue weighted by molar-refractivity contribution is -0.130. The lowest BCUT2D eigenvalue weighted by Crippen LogP contribution is -2.24. The predicted molar refractivity (Wildman–Crippen MR) is 104 cm³/mol. The standard InChI is InChI=1S/C21H24N2O4/c1-12-8-16(10-21(27-5)13(12)2)17-11-18(23(22-17)14(3)24)15-6-7-20(26-4)19(25)9-15/h6-10,18,25H,11H2,1-5H3. The van der Waals surface area contributed by atoms with Gasteiger partial charge in [-0.2, -0.15) is 5.10 Å². The highest BCUT2D eigenvalue weighted by Crippen LogP contribution is 2.37. The van der Waals surface area contributed by atoms with E-state index >= 15 is 0 Å². The van der Waals surface area contributed by atoms with Crippen molar-refractivity contribution in [3.05, 3.63) is 52.6 Å². The Morgan fingerprint density at radius 2 is 1.85 bits per heavy atom. The fourth-order valence-electron chi connectivity index (χ4n) is 3.35. The van der Waals surface area contributed by atoms with Crippen LogP contribution in [0.1, 0.15) is 41.6 Å². The quantitative estimate of drug-likeness (QED) is 0.893. The van der Waals surface area contributed by atoms with Crippen LogP contribution in [0.2, 0.25) is 0 Å². The topological polar surface area (TPSA) is 71.4 Å². The Balaban J connectivity index is 1.99. The molecular weight excluding hydrogens is 344 g/mol. The third kappa shape index (κ3) is 3.47. The first-order valence-electron chi connectivity index (χ1n) is 8.75. The van der Waals surface area contributed by atoms with Crippen LogP contribution in [-0.4, -0.2) is 36.0 Å². The van der Waals surface area contributed by atoms with Crippen LogP contribution in [-0.2, 0) is 4.79 Å². The number of carbonyl (C=O) groups excluding carboxylic acids is 1. The van der Waals surface area contributed by atoms with E-state index in [1.54, 1.807) is 19.2 Å². The van der Waals surface area contributed by atoms with E-state index in [4.69, 9.17) is 9.47 Å². The van der Waals surface area contributed by atoms with Crippen molar-refractivity contribution in [3.63, 3.8) is 0 Å². The first-order valence-corrected chi connectivity index (χ1v) is 8.75. The summed E-state index contributed by atoms with van der Waals surface area (Å²) in [5, 5.41) is 16.1. The van der Waals surface area contributed by atoms with Crippen LogP contribution in [0.3, 0.4) is 0 Å². The molecule has 1 heterocycles. The van der Waals surface area contributed by atoms with Crippen molar-refractivity contribution in [1.82, 2.24) is 5.01 Å². The van der Waals surface area contributed by atoms with E-state index in [0.717, 1.165) is 33.7 Å². The monoisotopic (exact) mass is 368 g/mol. The summed E-state index contributed by atoms with van der Waals surface area (Å²) in [7, 11) is 3.15. The molecule has 2 aromatic carbocycles.